The molecular formula is C17H26N4O2. The number of nitrogens with one attached hydrogen (secondary N) is 1. The van der Waals surface area contributed by atoms with E-state index in [0.717, 1.165) is 24.6 Å². The minimum atomic E-state index is -0.481. The summed E-state index contributed by atoms with van der Waals surface area (Å²) >= 11 is 0. The number of hydrogen-bond acceptors (Lipinski definition) is 3. The molecule has 0 atom stereocenters. The first-order chi connectivity index (χ1) is 10.9. The second-order valence-corrected chi connectivity index (χ2v) is 6.64. The van der Waals surface area contributed by atoms with Gasteiger partial charge in [-0.2, -0.15) is 0 Å². The lowest BCUT2D eigenvalue weighted by Crippen LogP contribution is -2.40. The van der Waals surface area contributed by atoms with Crippen LogP contribution in [0.5, 0.6) is 5.75 Å². The van der Waals surface area contributed by atoms with Crippen molar-refractivity contribution in [1.29, 1.82) is 0 Å². The third-order valence-electron chi connectivity index (χ3n) is 3.92. The SMILES string of the molecule is CN=C(NCc1cccc(OCC(N)=O)c1)N1CCC(C)(C)C1. The Bertz CT molecular complexity index is 584. The highest BCUT2D eigenvalue weighted by atomic mass is 16.5. The Labute approximate surface area is 137 Å². The van der Waals surface area contributed by atoms with Crippen molar-refractivity contribution < 1.29 is 9.53 Å². The fourth-order valence-corrected chi connectivity index (χ4v) is 2.71. The van der Waals surface area contributed by atoms with Crippen LogP contribution < -0.4 is 15.8 Å². The fraction of sp³-hybridized carbons (Fsp3) is 0.529. The molecule has 0 spiro atoms. The maximum atomic E-state index is 10.8. The number of amides is 1. The Morgan fingerprint density at radius 1 is 1.48 bits per heavy atom. The van der Waals surface area contributed by atoms with Crippen LogP contribution in [0.4, 0.5) is 0 Å². The molecule has 1 aromatic rings. The van der Waals surface area contributed by atoms with Gasteiger partial charge in [0, 0.05) is 26.7 Å². The monoisotopic (exact) mass is 318 g/mol. The van der Waals surface area contributed by atoms with Gasteiger partial charge in [-0.05, 0) is 29.5 Å². The summed E-state index contributed by atoms with van der Waals surface area (Å²) in [4.78, 5) is 17.4. The fourth-order valence-electron chi connectivity index (χ4n) is 2.71. The van der Waals surface area contributed by atoms with Gasteiger partial charge in [-0.15, -0.1) is 0 Å². The molecule has 0 aliphatic carbocycles. The first-order valence-electron chi connectivity index (χ1n) is 7.85. The van der Waals surface area contributed by atoms with E-state index in [0.29, 0.717) is 17.7 Å². The molecule has 0 saturated carbocycles. The predicted molar refractivity (Wildman–Crippen MR) is 91.3 cm³/mol. The van der Waals surface area contributed by atoms with E-state index in [-0.39, 0.29) is 6.61 Å². The molecule has 126 valence electrons. The number of likely N-dealkylation sites (tertiary alicyclic amines) is 1. The molecule has 1 fully saturated rings. The number of benzene rings is 1. The van der Waals surface area contributed by atoms with Gasteiger partial charge in [0.1, 0.15) is 5.75 Å². The maximum Gasteiger partial charge on any atom is 0.255 e. The standard InChI is InChI=1S/C17H26N4O2/c1-17(2)7-8-21(12-17)16(19-3)20-10-13-5-4-6-14(9-13)23-11-15(18)22/h4-6,9H,7-8,10-12H2,1-3H3,(H2,18,22)(H,19,20). The van der Waals surface area contributed by atoms with Crippen LogP contribution >= 0.6 is 0 Å². The first-order valence-corrected chi connectivity index (χ1v) is 7.85. The largest absolute Gasteiger partial charge is 0.484 e. The number of nitrogens with zero attached hydrogens (tertiary/aromatic N) is 2. The number of rotatable bonds is 5. The highest BCUT2D eigenvalue weighted by Crippen LogP contribution is 2.28. The van der Waals surface area contributed by atoms with E-state index in [1.54, 1.807) is 7.05 Å². The zero-order chi connectivity index (χ0) is 16.9. The quantitative estimate of drug-likeness (QED) is 0.634. The lowest BCUT2D eigenvalue weighted by molar-refractivity contribution is -0.119. The summed E-state index contributed by atoms with van der Waals surface area (Å²) in [7, 11) is 1.81. The van der Waals surface area contributed by atoms with Crippen LogP contribution in [0, 0.1) is 5.41 Å². The lowest BCUT2D eigenvalue weighted by Gasteiger charge is -2.23. The Balaban J connectivity index is 1.92. The van der Waals surface area contributed by atoms with Crippen molar-refractivity contribution in [1.82, 2.24) is 10.2 Å². The molecule has 3 N–H and O–H groups in total. The van der Waals surface area contributed by atoms with Gasteiger partial charge in [-0.1, -0.05) is 26.0 Å². The number of ether oxygens (including phenoxy) is 1. The van der Waals surface area contributed by atoms with Gasteiger partial charge < -0.3 is 20.7 Å². The Hall–Kier alpha value is -2.24. The molecule has 0 radical (unpaired) electrons. The Morgan fingerprint density at radius 3 is 2.87 bits per heavy atom. The molecule has 1 aromatic carbocycles. The van der Waals surface area contributed by atoms with Gasteiger partial charge in [-0.25, -0.2) is 0 Å². The van der Waals surface area contributed by atoms with Gasteiger partial charge >= 0.3 is 0 Å². The first kappa shape index (κ1) is 17.1. The molecule has 6 nitrogen and oxygen atoms in total. The van der Waals surface area contributed by atoms with Gasteiger partial charge in [0.2, 0.25) is 0 Å². The lowest BCUT2D eigenvalue weighted by atomic mass is 9.93. The molecule has 0 aromatic heterocycles. The summed E-state index contributed by atoms with van der Waals surface area (Å²) in [6, 6.07) is 7.61. The van der Waals surface area contributed by atoms with Crippen LogP contribution in [0.2, 0.25) is 0 Å². The number of carbonyl (C=O) groups is 1. The average molecular weight is 318 g/mol. The smallest absolute Gasteiger partial charge is 0.255 e. The van der Waals surface area contributed by atoms with E-state index >= 15 is 0 Å². The molecule has 23 heavy (non-hydrogen) atoms. The van der Waals surface area contributed by atoms with Gasteiger partial charge in [0.25, 0.3) is 5.91 Å². The highest BCUT2D eigenvalue weighted by molar-refractivity contribution is 5.80. The Morgan fingerprint density at radius 2 is 2.26 bits per heavy atom. The summed E-state index contributed by atoms with van der Waals surface area (Å²) in [6.45, 7) is 7.13. The van der Waals surface area contributed by atoms with Crippen LogP contribution in [0.3, 0.4) is 0 Å². The second kappa shape index (κ2) is 7.35. The van der Waals surface area contributed by atoms with Crippen molar-refractivity contribution in [2.24, 2.45) is 16.1 Å². The van der Waals surface area contributed by atoms with Crippen molar-refractivity contribution in [3.8, 4) is 5.75 Å². The molecule has 2 rings (SSSR count). The van der Waals surface area contributed by atoms with E-state index < -0.39 is 5.91 Å². The van der Waals surface area contributed by atoms with Crippen LogP contribution in [0.15, 0.2) is 29.3 Å². The number of guanidine groups is 1. The summed E-state index contributed by atoms with van der Waals surface area (Å²) in [5, 5.41) is 3.39. The molecular weight excluding hydrogens is 292 g/mol. The zero-order valence-corrected chi connectivity index (χ0v) is 14.1. The molecule has 1 saturated heterocycles. The number of carbonyl (C=O) groups excluding carboxylic acids is 1. The highest BCUT2D eigenvalue weighted by Gasteiger charge is 2.30. The van der Waals surface area contributed by atoms with Gasteiger partial charge in [0.15, 0.2) is 12.6 Å². The predicted octanol–water partition coefficient (Wildman–Crippen LogP) is 1.36. The van der Waals surface area contributed by atoms with E-state index in [2.05, 4.69) is 29.1 Å². The minimum Gasteiger partial charge on any atom is -0.484 e. The molecule has 0 bridgehead atoms. The van der Waals surface area contributed by atoms with Crippen LogP contribution in [0.1, 0.15) is 25.8 Å². The van der Waals surface area contributed by atoms with Crippen LogP contribution in [0.25, 0.3) is 0 Å². The van der Waals surface area contributed by atoms with Gasteiger partial charge in [-0.3, -0.25) is 9.79 Å². The second-order valence-electron chi connectivity index (χ2n) is 6.64. The molecule has 6 heteroatoms. The van der Waals surface area contributed by atoms with Crippen molar-refractivity contribution >= 4 is 11.9 Å². The maximum absolute atomic E-state index is 10.8. The van der Waals surface area contributed by atoms with Crippen LogP contribution in [-0.2, 0) is 11.3 Å². The summed E-state index contributed by atoms with van der Waals surface area (Å²) in [5.41, 5.74) is 6.48. The number of aliphatic imine (C=N–C) groups is 1. The third-order valence-corrected chi connectivity index (χ3v) is 3.92. The Kier molecular flexibility index (Phi) is 5.47. The molecule has 1 amide bonds. The molecule has 1 aliphatic heterocycles. The topological polar surface area (TPSA) is 80.0 Å². The van der Waals surface area contributed by atoms with Gasteiger partial charge in [0.05, 0.1) is 0 Å². The van der Waals surface area contributed by atoms with E-state index in [9.17, 15) is 4.79 Å². The third kappa shape index (κ3) is 5.16. The van der Waals surface area contributed by atoms with E-state index in [1.807, 2.05) is 24.3 Å². The van der Waals surface area contributed by atoms with Crippen LogP contribution in [-0.4, -0.2) is 43.5 Å². The number of hydrogen-bond donors (Lipinski definition) is 2. The van der Waals surface area contributed by atoms with Crippen molar-refractivity contribution in [3.05, 3.63) is 29.8 Å². The minimum absolute atomic E-state index is 0.110. The average Bonchev–Trinajstić information content (AvgIpc) is 2.86. The summed E-state index contributed by atoms with van der Waals surface area (Å²) in [6.07, 6.45) is 1.17. The van der Waals surface area contributed by atoms with E-state index in [4.69, 9.17) is 10.5 Å². The normalized spacial score (nSPS) is 17.2. The summed E-state index contributed by atoms with van der Waals surface area (Å²) < 4.78 is 5.33. The van der Waals surface area contributed by atoms with E-state index in [1.165, 1.54) is 6.42 Å². The molecule has 1 aliphatic rings. The van der Waals surface area contributed by atoms with Crippen molar-refractivity contribution in [2.75, 3.05) is 26.7 Å². The zero-order valence-electron chi connectivity index (χ0n) is 14.1. The number of nitrogens with two attached hydrogens (primary N) is 1. The molecule has 1 heterocycles. The van der Waals surface area contributed by atoms with Crippen molar-refractivity contribution in [2.45, 2.75) is 26.8 Å². The molecule has 0 unspecified atom stereocenters. The summed E-state index contributed by atoms with van der Waals surface area (Å²) in [5.74, 6) is 1.07. The van der Waals surface area contributed by atoms with Crippen molar-refractivity contribution in [3.63, 3.8) is 0 Å². The number of primary amides is 1.